The number of esters is 3. The molecular formula is C38H42O11. The van der Waals surface area contributed by atoms with Gasteiger partial charge in [-0.25, -0.2) is 9.59 Å². The number of ether oxygens (including phenoxy) is 7. The van der Waals surface area contributed by atoms with Gasteiger partial charge in [0.15, 0.2) is 11.7 Å². The van der Waals surface area contributed by atoms with Crippen LogP contribution in [0.2, 0.25) is 0 Å². The normalized spacial score (nSPS) is 46.8. The lowest BCUT2D eigenvalue weighted by Gasteiger charge is -2.62. The van der Waals surface area contributed by atoms with E-state index in [9.17, 15) is 19.5 Å². The molecule has 6 aliphatic rings. The van der Waals surface area contributed by atoms with E-state index in [2.05, 4.69) is 6.58 Å². The Kier molecular flexibility index (Phi) is 6.96. The number of carbonyl (C=O) groups excluding carboxylic acids is 3. The predicted octanol–water partition coefficient (Wildman–Crippen LogP) is 4.37. The Balaban J connectivity index is 1.35. The Labute approximate surface area is 284 Å². The van der Waals surface area contributed by atoms with Crippen LogP contribution in [-0.4, -0.2) is 81.9 Å². The van der Waals surface area contributed by atoms with Gasteiger partial charge >= 0.3 is 17.9 Å². The largest absolute Gasteiger partial charge is 0.459 e. The topological polar surface area (TPSA) is 136 Å². The molecular weight excluding hydrogens is 632 g/mol. The number of benzene rings is 2. The molecule has 2 aromatic carbocycles. The molecule has 3 saturated carbocycles. The molecule has 11 nitrogen and oxygen atoms in total. The van der Waals surface area contributed by atoms with Crippen LogP contribution >= 0.6 is 0 Å². The molecule has 260 valence electrons. The van der Waals surface area contributed by atoms with E-state index >= 15 is 0 Å². The average Bonchev–Trinajstić information content (AvgIpc) is 3.65. The zero-order valence-corrected chi connectivity index (χ0v) is 28.4. The minimum Gasteiger partial charge on any atom is -0.459 e. The third-order valence-corrected chi connectivity index (χ3v) is 12.3. The molecule has 1 spiro atoms. The van der Waals surface area contributed by atoms with Gasteiger partial charge in [0.2, 0.25) is 0 Å². The maximum Gasteiger partial charge on any atom is 0.338 e. The molecule has 0 amide bonds. The highest BCUT2D eigenvalue weighted by Crippen LogP contribution is 2.73. The van der Waals surface area contributed by atoms with Crippen LogP contribution in [0.1, 0.15) is 68.7 Å². The molecule has 2 unspecified atom stereocenters. The van der Waals surface area contributed by atoms with E-state index in [1.165, 1.54) is 6.92 Å². The Morgan fingerprint density at radius 1 is 0.816 bits per heavy atom. The van der Waals surface area contributed by atoms with Crippen molar-refractivity contribution in [3.8, 4) is 0 Å². The predicted molar refractivity (Wildman–Crippen MR) is 171 cm³/mol. The maximum absolute atomic E-state index is 14.0. The summed E-state index contributed by atoms with van der Waals surface area (Å²) < 4.78 is 45.6. The monoisotopic (exact) mass is 674 g/mol. The summed E-state index contributed by atoms with van der Waals surface area (Å²) in [5.41, 5.74) is -4.76. The van der Waals surface area contributed by atoms with Crippen LogP contribution < -0.4 is 0 Å². The highest BCUT2D eigenvalue weighted by molar-refractivity contribution is 5.90. The van der Waals surface area contributed by atoms with Gasteiger partial charge in [-0.2, -0.15) is 0 Å². The summed E-state index contributed by atoms with van der Waals surface area (Å²) in [4.78, 5) is 40.6. The zero-order chi connectivity index (χ0) is 34.9. The van der Waals surface area contributed by atoms with Crippen molar-refractivity contribution < 1.29 is 52.6 Å². The summed E-state index contributed by atoms with van der Waals surface area (Å²) in [7, 11) is 0. The van der Waals surface area contributed by atoms with Crippen LogP contribution in [0.3, 0.4) is 0 Å². The van der Waals surface area contributed by atoms with Crippen molar-refractivity contribution in [3.05, 3.63) is 83.9 Å². The maximum atomic E-state index is 14.0. The molecule has 14 atom stereocenters. The summed E-state index contributed by atoms with van der Waals surface area (Å²) in [5, 5.41) is 13.6. The number of aliphatic hydroxyl groups is 1. The van der Waals surface area contributed by atoms with Crippen molar-refractivity contribution in [2.45, 2.75) is 107 Å². The van der Waals surface area contributed by atoms with E-state index < -0.39 is 94.6 Å². The first-order valence-electron chi connectivity index (χ1n) is 17.0. The molecule has 1 N–H and O–H groups in total. The molecule has 0 radical (unpaired) electrons. The lowest BCUT2D eigenvalue weighted by atomic mass is 9.53. The Bertz CT molecular complexity index is 1730. The number of hydrogen-bond acceptors (Lipinski definition) is 11. The first-order chi connectivity index (χ1) is 23.1. The van der Waals surface area contributed by atoms with E-state index in [1.54, 1.807) is 74.5 Å². The molecule has 49 heavy (non-hydrogen) atoms. The third kappa shape index (κ3) is 4.05. The second kappa shape index (κ2) is 10.5. The smallest absolute Gasteiger partial charge is 0.338 e. The first-order valence-corrected chi connectivity index (χ1v) is 17.0. The van der Waals surface area contributed by atoms with Crippen molar-refractivity contribution in [1.82, 2.24) is 0 Å². The summed E-state index contributed by atoms with van der Waals surface area (Å²) >= 11 is 0. The Hall–Kier alpha value is -3.61. The lowest BCUT2D eigenvalue weighted by molar-refractivity contribution is -0.388. The fraction of sp³-hybridized carbons (Fsp3) is 0.553. The second-order valence-corrected chi connectivity index (χ2v) is 15.1. The van der Waals surface area contributed by atoms with Crippen LogP contribution in [-0.2, 0) is 38.0 Å². The van der Waals surface area contributed by atoms with Crippen LogP contribution in [0.25, 0.3) is 0 Å². The standard InChI is InChI=1S/C38H42O11/c1-19(2)37-28-21(4)36(42)25-18-20(3)27(43-22(5)39)38(25)33(45-32(41)24-16-12-9-13-17-24)34(6,48-38)29(44-31(40)23-14-10-8-11-15-23)26(36)30(37)47-35(7,46-28)49-37/h8-17,20-21,25-30,33,42H,1,18H2,2-7H3/t20-,21+,25-,26-,27-,28-,29-,30+,33+,34?,35?,36-,37-,38+/m0/s1. The third-order valence-electron chi connectivity index (χ3n) is 12.3. The van der Waals surface area contributed by atoms with Crippen molar-refractivity contribution in [1.29, 1.82) is 0 Å². The van der Waals surface area contributed by atoms with Gasteiger partial charge in [0, 0.05) is 25.7 Å². The van der Waals surface area contributed by atoms with Gasteiger partial charge in [-0.1, -0.05) is 56.8 Å². The fourth-order valence-electron chi connectivity index (χ4n) is 10.5. The van der Waals surface area contributed by atoms with Crippen molar-refractivity contribution in [2.24, 2.45) is 23.7 Å². The summed E-state index contributed by atoms with van der Waals surface area (Å²) in [5.74, 6) is -6.04. The van der Waals surface area contributed by atoms with Crippen LogP contribution in [0.5, 0.6) is 0 Å². The van der Waals surface area contributed by atoms with Crippen molar-refractivity contribution >= 4 is 17.9 Å². The van der Waals surface area contributed by atoms with E-state index in [1.807, 2.05) is 20.8 Å². The van der Waals surface area contributed by atoms with E-state index in [0.29, 0.717) is 17.6 Å². The van der Waals surface area contributed by atoms with Crippen molar-refractivity contribution in [3.63, 3.8) is 0 Å². The number of fused-ring (bicyclic) bond motifs is 5. The van der Waals surface area contributed by atoms with Crippen LogP contribution in [0.15, 0.2) is 72.8 Å². The SMILES string of the molecule is C=C(C)[C@@]12OC3(C)O[C@@H]1[C@@H]1[C@H](OC(=O)c4ccccc4)C4(C)O[C@@]5([C@@H]4OC(=O)c4ccccc4)[C@@H](OC(C)=O)[C@@H](C)C[C@H]5[C@@]1(O)[C@H](C)[C@@H]2O3. The van der Waals surface area contributed by atoms with Gasteiger partial charge in [-0.15, -0.1) is 0 Å². The molecule has 6 fully saturated rings. The van der Waals surface area contributed by atoms with Gasteiger partial charge in [-0.05, 0) is 56.0 Å². The van der Waals surface area contributed by atoms with Gasteiger partial charge in [-0.3, -0.25) is 4.79 Å². The van der Waals surface area contributed by atoms with E-state index in [4.69, 9.17) is 33.2 Å². The van der Waals surface area contributed by atoms with Gasteiger partial charge in [0.05, 0.1) is 22.6 Å². The molecule has 3 aliphatic heterocycles. The summed E-state index contributed by atoms with van der Waals surface area (Å²) in [6, 6.07) is 17.1. The molecule has 0 aromatic heterocycles. The molecule has 3 aliphatic carbocycles. The van der Waals surface area contributed by atoms with E-state index in [-0.39, 0.29) is 11.5 Å². The Morgan fingerprint density at radius 2 is 1.39 bits per heavy atom. The second-order valence-electron chi connectivity index (χ2n) is 15.1. The summed E-state index contributed by atoms with van der Waals surface area (Å²) in [6.07, 6.45) is -4.56. The summed E-state index contributed by atoms with van der Waals surface area (Å²) in [6.45, 7) is 14.7. The molecule has 3 saturated heterocycles. The average molecular weight is 675 g/mol. The lowest BCUT2D eigenvalue weighted by Crippen LogP contribution is -2.80. The quantitative estimate of drug-likeness (QED) is 0.266. The highest BCUT2D eigenvalue weighted by Gasteiger charge is 2.90. The Morgan fingerprint density at radius 3 is 1.96 bits per heavy atom. The number of carbonyl (C=O) groups is 3. The first kappa shape index (κ1) is 32.6. The molecule has 8 rings (SSSR count). The fourth-order valence-corrected chi connectivity index (χ4v) is 10.5. The van der Waals surface area contributed by atoms with Gasteiger partial charge < -0.3 is 38.3 Å². The van der Waals surface area contributed by atoms with Gasteiger partial charge in [0.25, 0.3) is 5.97 Å². The van der Waals surface area contributed by atoms with Crippen LogP contribution in [0.4, 0.5) is 0 Å². The van der Waals surface area contributed by atoms with Crippen molar-refractivity contribution in [2.75, 3.05) is 0 Å². The molecule has 11 heteroatoms. The van der Waals surface area contributed by atoms with Gasteiger partial charge in [0.1, 0.15) is 35.6 Å². The molecule has 3 heterocycles. The highest BCUT2D eigenvalue weighted by atomic mass is 16.9. The minimum absolute atomic E-state index is 0.286. The van der Waals surface area contributed by atoms with Crippen LogP contribution in [0, 0.1) is 23.7 Å². The molecule has 4 bridgehead atoms. The minimum atomic E-state index is -1.74. The van der Waals surface area contributed by atoms with E-state index in [0.717, 1.165) is 0 Å². The number of rotatable bonds is 6. The zero-order valence-electron chi connectivity index (χ0n) is 28.4. The number of hydrogen-bond donors (Lipinski definition) is 1. The molecule has 2 aromatic rings.